The van der Waals surface area contributed by atoms with Crippen LogP contribution in [0.1, 0.15) is 12.8 Å². The Morgan fingerprint density at radius 1 is 1.10 bits per heavy atom. The van der Waals surface area contributed by atoms with Crippen LogP contribution in [-0.4, -0.2) is 45.9 Å². The van der Waals surface area contributed by atoms with Crippen LogP contribution in [-0.2, 0) is 10.0 Å². The molecule has 1 saturated heterocycles. The maximum Gasteiger partial charge on any atom is 0.270 e. The van der Waals surface area contributed by atoms with Gasteiger partial charge >= 0.3 is 0 Å². The summed E-state index contributed by atoms with van der Waals surface area (Å²) in [6.45, 7) is 0.821. The predicted molar refractivity (Wildman–Crippen MR) is 107 cm³/mol. The van der Waals surface area contributed by atoms with Crippen molar-refractivity contribution in [3.8, 4) is 11.4 Å². The van der Waals surface area contributed by atoms with Crippen LogP contribution in [0.5, 0.6) is 0 Å². The van der Waals surface area contributed by atoms with E-state index in [1.165, 1.54) is 16.4 Å². The molecule has 0 radical (unpaired) electrons. The Kier molecular flexibility index (Phi) is 5.35. The summed E-state index contributed by atoms with van der Waals surface area (Å²) >= 11 is 1.05. The second-order valence-electron chi connectivity index (χ2n) is 6.43. The van der Waals surface area contributed by atoms with Gasteiger partial charge in [0.05, 0.1) is 4.92 Å². The van der Waals surface area contributed by atoms with Crippen molar-refractivity contribution in [3.05, 3.63) is 58.6 Å². The lowest BCUT2D eigenvalue weighted by atomic mass is 10.2. The number of sulfonamides is 1. The quantitative estimate of drug-likeness (QED) is 0.469. The predicted octanol–water partition coefficient (Wildman–Crippen LogP) is 3.32. The summed E-state index contributed by atoms with van der Waals surface area (Å²) in [4.78, 5) is 15.3. The first-order chi connectivity index (χ1) is 13.9. The van der Waals surface area contributed by atoms with Gasteiger partial charge in [0.2, 0.25) is 15.2 Å². The maximum atomic E-state index is 13.1. The third kappa shape index (κ3) is 4.02. The molecule has 150 valence electrons. The molecule has 0 unspecified atom stereocenters. The largest absolute Gasteiger partial charge is 0.270 e. The minimum atomic E-state index is -3.85. The lowest BCUT2D eigenvalue weighted by molar-refractivity contribution is -0.385. The molecule has 1 aliphatic heterocycles. The van der Waals surface area contributed by atoms with Gasteiger partial charge in [-0.05, 0) is 30.7 Å². The van der Waals surface area contributed by atoms with Crippen LogP contribution in [0.2, 0.25) is 0 Å². The smallest absolute Gasteiger partial charge is 0.258 e. The minimum absolute atomic E-state index is 0.0929. The molecular formula is C18H17N5O4S2. The van der Waals surface area contributed by atoms with E-state index in [0.29, 0.717) is 29.0 Å². The SMILES string of the molecule is O=[N+]([O-])c1ccc(Sc2n[nH]c(-c3ccccc3)n2)c(S(=O)(=O)N2CCCC2)c1. The van der Waals surface area contributed by atoms with Gasteiger partial charge in [0.25, 0.3) is 5.69 Å². The van der Waals surface area contributed by atoms with E-state index in [0.717, 1.165) is 36.2 Å². The minimum Gasteiger partial charge on any atom is -0.258 e. The third-order valence-corrected chi connectivity index (χ3v) is 7.54. The van der Waals surface area contributed by atoms with Crippen LogP contribution in [0, 0.1) is 10.1 Å². The van der Waals surface area contributed by atoms with Gasteiger partial charge in [-0.25, -0.2) is 13.4 Å². The van der Waals surface area contributed by atoms with Gasteiger partial charge in [-0.3, -0.25) is 15.2 Å². The number of non-ortho nitro benzene ring substituents is 1. The second kappa shape index (κ2) is 7.93. The Balaban J connectivity index is 1.70. The van der Waals surface area contributed by atoms with Crippen molar-refractivity contribution in [3.63, 3.8) is 0 Å². The highest BCUT2D eigenvalue weighted by atomic mass is 32.2. The molecule has 0 saturated carbocycles. The Hall–Kier alpha value is -2.76. The topological polar surface area (TPSA) is 122 Å². The number of rotatable bonds is 6. The van der Waals surface area contributed by atoms with Crippen molar-refractivity contribution in [2.24, 2.45) is 0 Å². The van der Waals surface area contributed by atoms with Crippen molar-refractivity contribution in [1.29, 1.82) is 0 Å². The lowest BCUT2D eigenvalue weighted by Gasteiger charge is -2.17. The van der Waals surface area contributed by atoms with Crippen molar-refractivity contribution in [2.75, 3.05) is 13.1 Å². The van der Waals surface area contributed by atoms with E-state index in [-0.39, 0.29) is 10.6 Å². The molecule has 1 aromatic heterocycles. The monoisotopic (exact) mass is 431 g/mol. The van der Waals surface area contributed by atoms with Gasteiger partial charge in [0.15, 0.2) is 5.82 Å². The summed E-state index contributed by atoms with van der Waals surface area (Å²) in [5.74, 6) is 0.555. The number of benzene rings is 2. The number of nitro groups is 1. The Morgan fingerprint density at radius 3 is 2.52 bits per heavy atom. The van der Waals surface area contributed by atoms with Gasteiger partial charge in [0, 0.05) is 35.7 Å². The summed E-state index contributed by atoms with van der Waals surface area (Å²) in [6.07, 6.45) is 1.55. The fraction of sp³-hybridized carbons (Fsp3) is 0.222. The van der Waals surface area contributed by atoms with E-state index in [1.807, 2.05) is 30.3 Å². The number of nitrogens with one attached hydrogen (secondary N) is 1. The van der Waals surface area contributed by atoms with Gasteiger partial charge in [-0.2, -0.15) is 4.31 Å². The molecule has 11 heteroatoms. The Morgan fingerprint density at radius 2 is 1.83 bits per heavy atom. The molecule has 2 aromatic carbocycles. The molecule has 2 heterocycles. The van der Waals surface area contributed by atoms with Crippen molar-refractivity contribution in [2.45, 2.75) is 27.8 Å². The van der Waals surface area contributed by atoms with Gasteiger partial charge < -0.3 is 0 Å². The highest BCUT2D eigenvalue weighted by Gasteiger charge is 2.31. The highest BCUT2D eigenvalue weighted by molar-refractivity contribution is 8.00. The van der Waals surface area contributed by atoms with E-state index >= 15 is 0 Å². The zero-order valence-corrected chi connectivity index (χ0v) is 16.8. The van der Waals surface area contributed by atoms with Crippen LogP contribution >= 0.6 is 11.8 Å². The molecule has 0 aliphatic carbocycles. The van der Waals surface area contributed by atoms with Crippen molar-refractivity contribution >= 4 is 27.5 Å². The first-order valence-corrected chi connectivity index (χ1v) is 11.1. The lowest BCUT2D eigenvalue weighted by Crippen LogP contribution is -2.28. The van der Waals surface area contributed by atoms with E-state index in [2.05, 4.69) is 15.2 Å². The number of aromatic nitrogens is 3. The molecule has 1 aliphatic rings. The standard InChI is InChI=1S/C18H17N5O4S2/c24-23(25)14-8-9-15(16(12-14)29(26,27)22-10-4-5-11-22)28-18-19-17(20-21-18)13-6-2-1-3-7-13/h1-3,6-9,12H,4-5,10-11H2,(H,19,20,21). The zero-order chi connectivity index (χ0) is 20.4. The van der Waals surface area contributed by atoms with Gasteiger partial charge in [0.1, 0.15) is 4.90 Å². The first kappa shape index (κ1) is 19.6. The maximum absolute atomic E-state index is 13.1. The Bertz CT molecular complexity index is 1140. The number of aromatic amines is 1. The Labute approximate surface area is 171 Å². The molecule has 1 N–H and O–H groups in total. The van der Waals surface area contributed by atoms with Crippen LogP contribution < -0.4 is 0 Å². The fourth-order valence-corrected chi connectivity index (χ4v) is 5.85. The summed E-state index contributed by atoms with van der Waals surface area (Å²) in [6, 6.07) is 13.2. The third-order valence-electron chi connectivity index (χ3n) is 4.53. The van der Waals surface area contributed by atoms with Crippen LogP contribution in [0.4, 0.5) is 5.69 Å². The van der Waals surface area contributed by atoms with Gasteiger partial charge in [-0.1, -0.05) is 30.3 Å². The van der Waals surface area contributed by atoms with E-state index in [4.69, 9.17) is 0 Å². The summed E-state index contributed by atoms with van der Waals surface area (Å²) < 4.78 is 27.5. The second-order valence-corrected chi connectivity index (χ2v) is 9.35. The van der Waals surface area contributed by atoms with E-state index in [9.17, 15) is 18.5 Å². The number of hydrogen-bond donors (Lipinski definition) is 1. The normalized spacial score (nSPS) is 14.9. The molecule has 29 heavy (non-hydrogen) atoms. The number of nitro benzene ring substituents is 1. The molecular weight excluding hydrogens is 414 g/mol. The molecule has 1 fully saturated rings. The van der Waals surface area contributed by atoms with Gasteiger partial charge in [-0.15, -0.1) is 5.10 Å². The van der Waals surface area contributed by atoms with Crippen molar-refractivity contribution in [1.82, 2.24) is 19.5 Å². The summed E-state index contributed by atoms with van der Waals surface area (Å²) in [5.41, 5.74) is 0.576. The highest BCUT2D eigenvalue weighted by Crippen LogP contribution is 2.36. The number of nitrogens with zero attached hydrogens (tertiary/aromatic N) is 4. The zero-order valence-electron chi connectivity index (χ0n) is 15.2. The van der Waals surface area contributed by atoms with E-state index < -0.39 is 14.9 Å². The molecule has 0 amide bonds. The van der Waals surface area contributed by atoms with Crippen LogP contribution in [0.15, 0.2) is 63.5 Å². The molecule has 9 nitrogen and oxygen atoms in total. The number of H-pyrrole nitrogens is 1. The van der Waals surface area contributed by atoms with Crippen LogP contribution in [0.3, 0.4) is 0 Å². The fourth-order valence-electron chi connectivity index (χ4n) is 3.08. The molecule has 0 bridgehead atoms. The average molecular weight is 431 g/mol. The van der Waals surface area contributed by atoms with E-state index in [1.54, 1.807) is 0 Å². The average Bonchev–Trinajstić information content (AvgIpc) is 3.41. The summed E-state index contributed by atoms with van der Waals surface area (Å²) in [5, 5.41) is 18.5. The molecule has 4 rings (SSSR count). The first-order valence-electron chi connectivity index (χ1n) is 8.89. The number of hydrogen-bond acceptors (Lipinski definition) is 7. The summed E-state index contributed by atoms with van der Waals surface area (Å²) in [7, 11) is -3.85. The molecule has 0 atom stereocenters. The molecule has 0 spiro atoms. The van der Waals surface area contributed by atoms with Crippen molar-refractivity contribution < 1.29 is 13.3 Å². The molecule has 3 aromatic rings. The van der Waals surface area contributed by atoms with Crippen LogP contribution in [0.25, 0.3) is 11.4 Å².